The third-order valence-corrected chi connectivity index (χ3v) is 5.05. The third-order valence-electron chi connectivity index (χ3n) is 2.83. The lowest BCUT2D eigenvalue weighted by molar-refractivity contribution is 0.330. The molecule has 0 radical (unpaired) electrons. The average molecular weight is 328 g/mol. The molecule has 2 rings (SSSR count). The smallest absolute Gasteiger partial charge is 0.362 e. The van der Waals surface area contributed by atoms with Crippen LogP contribution in [0.15, 0.2) is 11.0 Å². The summed E-state index contributed by atoms with van der Waals surface area (Å²) in [5, 5.41) is 0. The van der Waals surface area contributed by atoms with Crippen molar-refractivity contribution < 1.29 is 9.05 Å². The van der Waals surface area contributed by atoms with E-state index in [1.165, 1.54) is 12.8 Å². The summed E-state index contributed by atoms with van der Waals surface area (Å²) in [5.41, 5.74) is 0.779. The molecule has 0 amide bonds. The van der Waals surface area contributed by atoms with Crippen LogP contribution in [0.2, 0.25) is 0 Å². The molecule has 1 saturated carbocycles. The number of hydrogen-bond donors (Lipinski definition) is 0. The Labute approximate surface area is 130 Å². The minimum absolute atomic E-state index is 0.447. The molecule has 8 heteroatoms. The van der Waals surface area contributed by atoms with Gasteiger partial charge in [0.25, 0.3) is 0 Å². The van der Waals surface area contributed by atoms with Crippen LogP contribution < -0.4 is 4.52 Å². The van der Waals surface area contributed by atoms with Gasteiger partial charge in [0.2, 0.25) is 0 Å². The topological polar surface area (TPSA) is 59.8 Å². The molecule has 0 N–H and O–H groups in total. The molecular weight excluding hydrogens is 307 g/mol. The standard InChI is InChI=1S/C13H21N4O2PS/c1-5-18-20(21,15-9-17(3)4)19-12-8-14-13(11-6-7-11)16-10(12)2/h8-9,11H,5-7H2,1-4H3. The van der Waals surface area contributed by atoms with E-state index in [4.69, 9.17) is 20.9 Å². The molecule has 1 aromatic rings. The van der Waals surface area contributed by atoms with Gasteiger partial charge in [0, 0.05) is 31.8 Å². The zero-order chi connectivity index (χ0) is 15.5. The van der Waals surface area contributed by atoms with Crippen molar-refractivity contribution in [1.29, 1.82) is 0 Å². The van der Waals surface area contributed by atoms with Crippen molar-refractivity contribution in [3.63, 3.8) is 0 Å². The molecule has 1 aliphatic rings. The highest BCUT2D eigenvalue weighted by Gasteiger charge is 2.28. The molecule has 116 valence electrons. The summed E-state index contributed by atoms with van der Waals surface area (Å²) in [6.07, 6.45) is 5.64. The maximum Gasteiger partial charge on any atom is 0.362 e. The van der Waals surface area contributed by atoms with E-state index >= 15 is 0 Å². The fourth-order valence-corrected chi connectivity index (χ4v) is 3.58. The van der Waals surface area contributed by atoms with Crippen molar-refractivity contribution in [3.05, 3.63) is 17.7 Å². The van der Waals surface area contributed by atoms with E-state index < -0.39 is 6.64 Å². The predicted octanol–water partition coefficient (Wildman–Crippen LogP) is 2.89. The molecule has 1 heterocycles. The first-order chi connectivity index (χ1) is 9.93. The van der Waals surface area contributed by atoms with Gasteiger partial charge in [-0.3, -0.25) is 0 Å². The van der Waals surface area contributed by atoms with E-state index in [0.29, 0.717) is 18.3 Å². The van der Waals surface area contributed by atoms with Gasteiger partial charge in [-0.1, -0.05) is 0 Å². The summed E-state index contributed by atoms with van der Waals surface area (Å²) in [6, 6.07) is 0. The molecule has 21 heavy (non-hydrogen) atoms. The fraction of sp³-hybridized carbons (Fsp3) is 0.615. The molecule has 0 aromatic carbocycles. The molecule has 1 atom stereocenters. The Morgan fingerprint density at radius 3 is 2.76 bits per heavy atom. The highest BCUT2D eigenvalue weighted by molar-refractivity contribution is 8.09. The molecule has 0 aliphatic heterocycles. The fourth-order valence-electron chi connectivity index (χ4n) is 1.64. The summed E-state index contributed by atoms with van der Waals surface area (Å²) < 4.78 is 15.7. The Bertz CT molecular complexity index is 575. The second kappa shape index (κ2) is 6.81. The molecule has 0 saturated heterocycles. The van der Waals surface area contributed by atoms with Gasteiger partial charge in [0.05, 0.1) is 24.8 Å². The normalized spacial score (nSPS) is 17.7. The third kappa shape index (κ3) is 4.73. The van der Waals surface area contributed by atoms with Crippen molar-refractivity contribution in [2.45, 2.75) is 32.6 Å². The number of nitrogens with zero attached hydrogens (tertiary/aromatic N) is 4. The van der Waals surface area contributed by atoms with Crippen LogP contribution in [0.25, 0.3) is 0 Å². The first-order valence-electron chi connectivity index (χ1n) is 6.93. The van der Waals surface area contributed by atoms with Crippen LogP contribution in [0.5, 0.6) is 5.75 Å². The zero-order valence-electron chi connectivity index (χ0n) is 12.8. The van der Waals surface area contributed by atoms with Crippen LogP contribution in [-0.4, -0.2) is 41.9 Å². The Balaban J connectivity index is 2.17. The molecule has 1 fully saturated rings. The van der Waals surface area contributed by atoms with Gasteiger partial charge in [0.15, 0.2) is 5.75 Å². The van der Waals surface area contributed by atoms with Gasteiger partial charge in [-0.05, 0) is 26.7 Å². The van der Waals surface area contributed by atoms with Crippen molar-refractivity contribution in [3.8, 4) is 5.75 Å². The van der Waals surface area contributed by atoms with Gasteiger partial charge >= 0.3 is 6.64 Å². The maximum absolute atomic E-state index is 5.83. The molecule has 1 unspecified atom stereocenters. The van der Waals surface area contributed by atoms with E-state index in [1.807, 2.05) is 27.9 Å². The zero-order valence-corrected chi connectivity index (χ0v) is 14.5. The Kier molecular flexibility index (Phi) is 5.30. The lowest BCUT2D eigenvalue weighted by atomic mass is 10.3. The molecular formula is C13H21N4O2PS. The van der Waals surface area contributed by atoms with Crippen molar-refractivity contribution >= 4 is 24.8 Å². The monoisotopic (exact) mass is 328 g/mol. The van der Waals surface area contributed by atoms with Crippen LogP contribution in [0.4, 0.5) is 0 Å². The molecule has 6 nitrogen and oxygen atoms in total. The van der Waals surface area contributed by atoms with E-state index in [0.717, 1.165) is 11.5 Å². The van der Waals surface area contributed by atoms with Crippen molar-refractivity contribution in [1.82, 2.24) is 14.9 Å². The molecule has 0 bridgehead atoms. The predicted molar refractivity (Wildman–Crippen MR) is 87.5 cm³/mol. The highest BCUT2D eigenvalue weighted by Crippen LogP contribution is 2.50. The summed E-state index contributed by atoms with van der Waals surface area (Å²) >= 11 is 5.44. The SMILES string of the molecule is CCOP(=S)(N=CN(C)C)Oc1cnc(C2CC2)nc1C. The Hall–Kier alpha value is -1.04. The minimum Gasteiger partial charge on any atom is -0.424 e. The Morgan fingerprint density at radius 1 is 1.52 bits per heavy atom. The van der Waals surface area contributed by atoms with E-state index in [9.17, 15) is 0 Å². The first kappa shape index (κ1) is 16.3. The molecule has 1 aliphatic carbocycles. The maximum atomic E-state index is 5.83. The van der Waals surface area contributed by atoms with Crippen LogP contribution >= 0.6 is 6.64 Å². The van der Waals surface area contributed by atoms with Gasteiger partial charge in [-0.2, -0.15) is 4.76 Å². The van der Waals surface area contributed by atoms with Crippen molar-refractivity contribution in [2.24, 2.45) is 4.76 Å². The largest absolute Gasteiger partial charge is 0.424 e. The van der Waals surface area contributed by atoms with E-state index in [1.54, 1.807) is 17.4 Å². The van der Waals surface area contributed by atoms with Crippen molar-refractivity contribution in [2.75, 3.05) is 20.7 Å². The summed E-state index contributed by atoms with van der Waals surface area (Å²) in [5.74, 6) is 1.95. The van der Waals surface area contributed by atoms with E-state index in [-0.39, 0.29) is 0 Å². The Morgan fingerprint density at radius 2 is 2.24 bits per heavy atom. The van der Waals surface area contributed by atoms with Gasteiger partial charge in [-0.15, -0.1) is 0 Å². The summed E-state index contributed by atoms with van der Waals surface area (Å²) in [6.45, 7) is 1.45. The van der Waals surface area contributed by atoms with Crippen LogP contribution in [0.3, 0.4) is 0 Å². The lowest BCUT2D eigenvalue weighted by Crippen LogP contribution is -2.09. The van der Waals surface area contributed by atoms with Crippen LogP contribution in [0.1, 0.15) is 37.2 Å². The van der Waals surface area contributed by atoms with E-state index in [2.05, 4.69) is 14.7 Å². The first-order valence-corrected chi connectivity index (χ1v) is 9.52. The van der Waals surface area contributed by atoms with Crippen LogP contribution in [-0.2, 0) is 16.3 Å². The summed E-state index contributed by atoms with van der Waals surface area (Å²) in [7, 11) is 3.74. The molecule has 1 aromatic heterocycles. The molecule has 0 spiro atoms. The number of aromatic nitrogens is 2. The minimum atomic E-state index is -2.76. The lowest BCUT2D eigenvalue weighted by Gasteiger charge is -2.19. The highest BCUT2D eigenvalue weighted by atomic mass is 32.5. The number of hydrogen-bond acceptors (Lipinski definition) is 5. The quantitative estimate of drug-likeness (QED) is 0.436. The summed E-state index contributed by atoms with van der Waals surface area (Å²) in [4.78, 5) is 10.6. The second-order valence-corrected chi connectivity index (χ2v) is 8.12. The number of rotatable bonds is 7. The average Bonchev–Trinajstić information content (AvgIpc) is 3.24. The van der Waals surface area contributed by atoms with Gasteiger partial charge in [0.1, 0.15) is 5.82 Å². The van der Waals surface area contributed by atoms with Gasteiger partial charge in [-0.25, -0.2) is 9.97 Å². The second-order valence-electron chi connectivity index (χ2n) is 5.12. The number of aryl methyl sites for hydroxylation is 1. The van der Waals surface area contributed by atoms with Gasteiger partial charge < -0.3 is 13.9 Å². The van der Waals surface area contributed by atoms with Crippen LogP contribution in [0, 0.1) is 6.92 Å².